The Labute approximate surface area is 66.6 Å². The molecule has 1 heterocycles. The summed E-state index contributed by atoms with van der Waals surface area (Å²) >= 11 is 0. The highest BCUT2D eigenvalue weighted by Gasteiger charge is 2.29. The summed E-state index contributed by atoms with van der Waals surface area (Å²) in [5.41, 5.74) is 0. The zero-order valence-electron chi connectivity index (χ0n) is 6.91. The molecule has 0 unspecified atom stereocenters. The Morgan fingerprint density at radius 2 is 2.55 bits per heavy atom. The molecule has 0 spiro atoms. The van der Waals surface area contributed by atoms with E-state index >= 15 is 0 Å². The predicted molar refractivity (Wildman–Crippen MR) is 42.1 cm³/mol. The first kappa shape index (κ1) is 8.11. The van der Waals surface area contributed by atoms with Crippen molar-refractivity contribution in [2.75, 3.05) is 6.61 Å². The van der Waals surface area contributed by atoms with Crippen molar-refractivity contribution >= 4 is 6.09 Å². The number of cyclic esters (lactones) is 1. The van der Waals surface area contributed by atoms with Gasteiger partial charge in [0.25, 0.3) is 0 Å². The molecule has 1 saturated heterocycles. The average molecular weight is 155 g/mol. The average Bonchev–Trinajstić information content (AvgIpc) is 2.34. The topological polar surface area (TPSA) is 29.5 Å². The maximum Gasteiger partial charge on any atom is 0.414 e. The van der Waals surface area contributed by atoms with Crippen LogP contribution in [0.4, 0.5) is 4.79 Å². The highest BCUT2D eigenvalue weighted by molar-refractivity contribution is 5.71. The largest absolute Gasteiger partial charge is 0.447 e. The molecule has 1 aliphatic rings. The van der Waals surface area contributed by atoms with Crippen molar-refractivity contribution in [2.45, 2.75) is 26.3 Å². The number of hydrogen-bond acceptors (Lipinski definition) is 2. The third-order valence-electron chi connectivity index (χ3n) is 1.78. The molecule has 0 bridgehead atoms. The van der Waals surface area contributed by atoms with Gasteiger partial charge in [0.2, 0.25) is 0 Å². The van der Waals surface area contributed by atoms with E-state index in [0.29, 0.717) is 6.61 Å². The van der Waals surface area contributed by atoms with Crippen LogP contribution in [0.5, 0.6) is 0 Å². The second kappa shape index (κ2) is 3.42. The Bertz CT molecular complexity index is 177. The van der Waals surface area contributed by atoms with Crippen LogP contribution in [0.15, 0.2) is 12.3 Å². The molecule has 1 aliphatic heterocycles. The summed E-state index contributed by atoms with van der Waals surface area (Å²) in [5.74, 6) is 0. The summed E-state index contributed by atoms with van der Waals surface area (Å²) in [6.45, 7) is 4.46. The number of rotatable bonds is 2. The van der Waals surface area contributed by atoms with Gasteiger partial charge in [-0.2, -0.15) is 0 Å². The highest BCUT2D eigenvalue weighted by Crippen LogP contribution is 2.14. The lowest BCUT2D eigenvalue weighted by atomic mass is 10.2. The summed E-state index contributed by atoms with van der Waals surface area (Å²) in [5, 5.41) is 0. The molecule has 3 nitrogen and oxygen atoms in total. The Hall–Kier alpha value is -0.990. The Kier molecular flexibility index (Phi) is 2.52. The maximum atomic E-state index is 11.0. The first-order valence-electron chi connectivity index (χ1n) is 3.87. The van der Waals surface area contributed by atoms with Crippen molar-refractivity contribution in [3.63, 3.8) is 0 Å². The van der Waals surface area contributed by atoms with Crippen molar-refractivity contribution in [2.24, 2.45) is 0 Å². The van der Waals surface area contributed by atoms with Crippen LogP contribution in [0.1, 0.15) is 20.3 Å². The zero-order valence-corrected chi connectivity index (χ0v) is 6.91. The minimum Gasteiger partial charge on any atom is -0.447 e. The number of carbonyl (C=O) groups excluding carboxylic acids is 1. The van der Waals surface area contributed by atoms with Gasteiger partial charge in [-0.3, -0.25) is 4.90 Å². The Morgan fingerprint density at radius 1 is 1.82 bits per heavy atom. The number of allylic oxidation sites excluding steroid dienone is 1. The number of hydrogen-bond donors (Lipinski definition) is 0. The second-order valence-corrected chi connectivity index (χ2v) is 2.53. The van der Waals surface area contributed by atoms with E-state index in [-0.39, 0.29) is 12.1 Å². The fourth-order valence-electron chi connectivity index (χ4n) is 1.13. The smallest absolute Gasteiger partial charge is 0.414 e. The van der Waals surface area contributed by atoms with Crippen molar-refractivity contribution in [3.8, 4) is 0 Å². The molecule has 1 atom stereocenters. The number of nitrogens with zero attached hydrogens (tertiary/aromatic N) is 1. The molecule has 0 N–H and O–H groups in total. The SMILES string of the molecule is C/C=C/N1C(=O)OC[C@H]1CC. The Balaban J connectivity index is 2.63. The molecular formula is C8H13NO2. The lowest BCUT2D eigenvalue weighted by Gasteiger charge is -2.14. The first-order valence-corrected chi connectivity index (χ1v) is 3.87. The summed E-state index contributed by atoms with van der Waals surface area (Å²) in [4.78, 5) is 12.6. The van der Waals surface area contributed by atoms with E-state index in [1.807, 2.05) is 19.9 Å². The van der Waals surface area contributed by atoms with Crippen molar-refractivity contribution in [1.29, 1.82) is 0 Å². The van der Waals surface area contributed by atoms with Crippen LogP contribution in [0, 0.1) is 0 Å². The van der Waals surface area contributed by atoms with E-state index in [1.54, 1.807) is 11.1 Å². The van der Waals surface area contributed by atoms with Gasteiger partial charge in [-0.05, 0) is 13.3 Å². The fraction of sp³-hybridized carbons (Fsp3) is 0.625. The van der Waals surface area contributed by atoms with Crippen LogP contribution < -0.4 is 0 Å². The molecule has 0 aliphatic carbocycles. The maximum absolute atomic E-state index is 11.0. The summed E-state index contributed by atoms with van der Waals surface area (Å²) in [6, 6.07) is 0.235. The molecular weight excluding hydrogens is 142 g/mol. The normalized spacial score (nSPS) is 24.7. The number of amides is 1. The van der Waals surface area contributed by atoms with Crippen LogP contribution >= 0.6 is 0 Å². The van der Waals surface area contributed by atoms with Gasteiger partial charge in [0.05, 0.1) is 6.04 Å². The van der Waals surface area contributed by atoms with E-state index in [4.69, 9.17) is 4.74 Å². The summed E-state index contributed by atoms with van der Waals surface area (Å²) in [7, 11) is 0. The summed E-state index contributed by atoms with van der Waals surface area (Å²) < 4.78 is 4.86. The van der Waals surface area contributed by atoms with Crippen molar-refractivity contribution < 1.29 is 9.53 Å². The predicted octanol–water partition coefficient (Wildman–Crippen LogP) is 1.75. The molecule has 62 valence electrons. The van der Waals surface area contributed by atoms with Crippen LogP contribution in [-0.2, 0) is 4.74 Å². The van der Waals surface area contributed by atoms with Gasteiger partial charge in [-0.15, -0.1) is 0 Å². The standard InChI is InChI=1S/C8H13NO2/c1-3-5-9-7(4-2)6-11-8(9)10/h3,5,7H,4,6H2,1-2H3/b5-3+/t7-/m1/s1. The minimum atomic E-state index is -0.227. The van der Waals surface area contributed by atoms with Gasteiger partial charge in [-0.1, -0.05) is 13.0 Å². The quantitative estimate of drug-likeness (QED) is 0.608. The van der Waals surface area contributed by atoms with Crippen LogP contribution in [0.3, 0.4) is 0 Å². The van der Waals surface area contributed by atoms with Gasteiger partial charge in [0.15, 0.2) is 0 Å². The summed E-state index contributed by atoms with van der Waals surface area (Å²) in [6.07, 6.45) is 4.32. The van der Waals surface area contributed by atoms with Crippen LogP contribution in [0.25, 0.3) is 0 Å². The molecule has 0 radical (unpaired) electrons. The Morgan fingerprint density at radius 3 is 3.09 bits per heavy atom. The second-order valence-electron chi connectivity index (χ2n) is 2.53. The third-order valence-corrected chi connectivity index (χ3v) is 1.78. The molecule has 0 saturated carbocycles. The van der Waals surface area contributed by atoms with Gasteiger partial charge >= 0.3 is 6.09 Å². The number of ether oxygens (including phenoxy) is 1. The molecule has 0 aromatic heterocycles. The van der Waals surface area contributed by atoms with Crippen LogP contribution in [-0.4, -0.2) is 23.6 Å². The molecule has 1 fully saturated rings. The van der Waals surface area contributed by atoms with Crippen LogP contribution in [0.2, 0.25) is 0 Å². The lowest BCUT2D eigenvalue weighted by Crippen LogP contribution is -2.27. The third kappa shape index (κ3) is 1.53. The molecule has 0 aromatic carbocycles. The molecule has 11 heavy (non-hydrogen) atoms. The molecule has 1 amide bonds. The monoisotopic (exact) mass is 155 g/mol. The fourth-order valence-corrected chi connectivity index (χ4v) is 1.13. The van der Waals surface area contributed by atoms with E-state index in [0.717, 1.165) is 6.42 Å². The van der Waals surface area contributed by atoms with Gasteiger partial charge in [0, 0.05) is 6.20 Å². The zero-order chi connectivity index (χ0) is 8.27. The van der Waals surface area contributed by atoms with E-state index in [9.17, 15) is 4.79 Å². The molecule has 3 heteroatoms. The molecule has 1 rings (SSSR count). The number of carbonyl (C=O) groups is 1. The van der Waals surface area contributed by atoms with Crippen molar-refractivity contribution in [3.05, 3.63) is 12.3 Å². The van der Waals surface area contributed by atoms with Gasteiger partial charge in [-0.25, -0.2) is 4.79 Å². The van der Waals surface area contributed by atoms with Gasteiger partial charge < -0.3 is 4.74 Å². The highest BCUT2D eigenvalue weighted by atomic mass is 16.6. The minimum absolute atomic E-state index is 0.227. The van der Waals surface area contributed by atoms with E-state index in [1.165, 1.54) is 0 Å². The van der Waals surface area contributed by atoms with E-state index in [2.05, 4.69) is 0 Å². The molecule has 0 aromatic rings. The first-order chi connectivity index (χ1) is 5.29. The van der Waals surface area contributed by atoms with Gasteiger partial charge in [0.1, 0.15) is 6.61 Å². The van der Waals surface area contributed by atoms with E-state index < -0.39 is 0 Å². The lowest BCUT2D eigenvalue weighted by molar-refractivity contribution is 0.166. The van der Waals surface area contributed by atoms with Crippen molar-refractivity contribution in [1.82, 2.24) is 4.90 Å².